The maximum atomic E-state index is 12.7. The number of nitrogens with two attached hydrogens (primary N) is 1. The first-order chi connectivity index (χ1) is 35.8. The zero-order chi connectivity index (χ0) is 53.1. The molecule has 0 aromatic rings. The highest BCUT2D eigenvalue weighted by Gasteiger charge is 2.26. The summed E-state index contributed by atoms with van der Waals surface area (Å²) in [7, 11) is -4.41. The van der Waals surface area contributed by atoms with E-state index in [1.807, 2.05) is 12.2 Å². The molecule has 0 aliphatic rings. The molecule has 0 rings (SSSR count). The number of carbonyl (C=O) groups is 2. The number of hydrogen-bond donors (Lipinski definition) is 2. The minimum atomic E-state index is -4.41. The highest BCUT2D eigenvalue weighted by Crippen LogP contribution is 2.43. The molecule has 73 heavy (non-hydrogen) atoms. The summed E-state index contributed by atoms with van der Waals surface area (Å²) in [5.41, 5.74) is 5.37. The molecule has 412 valence electrons. The van der Waals surface area contributed by atoms with Crippen LogP contribution in [0, 0.1) is 0 Å². The van der Waals surface area contributed by atoms with E-state index < -0.39 is 32.5 Å². The number of esters is 2. The van der Waals surface area contributed by atoms with E-state index in [2.05, 4.69) is 148 Å². The molecule has 0 saturated heterocycles. The number of phosphoric acid groups is 1. The molecule has 3 N–H and O–H groups in total. The van der Waals surface area contributed by atoms with E-state index in [0.717, 1.165) is 96.3 Å². The van der Waals surface area contributed by atoms with Crippen LogP contribution in [0.4, 0.5) is 0 Å². The predicted molar refractivity (Wildman–Crippen MR) is 311 cm³/mol. The van der Waals surface area contributed by atoms with Gasteiger partial charge >= 0.3 is 19.8 Å². The lowest BCUT2D eigenvalue weighted by atomic mass is 10.0. The van der Waals surface area contributed by atoms with E-state index in [1.54, 1.807) is 0 Å². The predicted octanol–water partition coefficient (Wildman–Crippen LogP) is 18.0. The zero-order valence-corrected chi connectivity index (χ0v) is 46.7. The second-order valence-corrected chi connectivity index (χ2v) is 19.5. The third-order valence-corrected chi connectivity index (χ3v) is 12.2. The molecule has 2 atom stereocenters. The standard InChI is InChI=1S/C63H102NO8P/c1-3-5-7-9-11-13-15-17-19-21-23-24-25-26-27-28-29-30-31-32-33-34-35-36-38-40-42-44-46-48-50-52-54-56-63(66)72-61(60-71-73(67,68)70-58-57-64)59-69-62(65)55-53-51-49-47-45-43-41-39-37-22-20-18-16-14-12-10-8-6-4-2/h5-8,11-14,17-20,23-24,26-27,29-30,37,39,43,45,49,51,61H,3-4,9-10,15-16,21-22,25,28,31-36,38,40-42,44,46-48,50,52-60,64H2,1-2H3,(H,67,68)/b7-5-,8-6-,13-11-,14-12-,19-17-,20-18-,24-23-,27-26-,30-29-,39-37-,45-43-,51-49-. The fraction of sp³-hybridized carbons (Fsp3) is 0.587. The highest BCUT2D eigenvalue weighted by molar-refractivity contribution is 7.47. The van der Waals surface area contributed by atoms with Crippen molar-refractivity contribution in [3.8, 4) is 0 Å². The third kappa shape index (κ3) is 57.0. The molecular weight excluding hydrogens is 930 g/mol. The summed E-state index contributed by atoms with van der Waals surface area (Å²) in [4.78, 5) is 35.1. The van der Waals surface area contributed by atoms with Crippen molar-refractivity contribution in [2.24, 2.45) is 5.73 Å². The summed E-state index contributed by atoms with van der Waals surface area (Å²) < 4.78 is 32.9. The Morgan fingerprint density at radius 1 is 0.411 bits per heavy atom. The van der Waals surface area contributed by atoms with Crippen molar-refractivity contribution in [2.45, 2.75) is 213 Å². The number of ether oxygens (including phenoxy) is 2. The maximum absolute atomic E-state index is 12.7. The van der Waals surface area contributed by atoms with Gasteiger partial charge in [-0.3, -0.25) is 18.6 Å². The summed E-state index contributed by atoms with van der Waals surface area (Å²) in [5, 5.41) is 0. The summed E-state index contributed by atoms with van der Waals surface area (Å²) >= 11 is 0. The van der Waals surface area contributed by atoms with Crippen LogP contribution in [-0.4, -0.2) is 49.3 Å². The van der Waals surface area contributed by atoms with Crippen molar-refractivity contribution in [3.63, 3.8) is 0 Å². The van der Waals surface area contributed by atoms with Crippen LogP contribution in [0.15, 0.2) is 146 Å². The third-order valence-electron chi connectivity index (χ3n) is 11.2. The number of rotatable bonds is 51. The smallest absolute Gasteiger partial charge is 0.462 e. The topological polar surface area (TPSA) is 134 Å². The fourth-order valence-electron chi connectivity index (χ4n) is 7.13. The van der Waals surface area contributed by atoms with E-state index in [9.17, 15) is 19.0 Å². The molecular formula is C63H102NO8P. The molecule has 10 heteroatoms. The molecule has 0 amide bonds. The quantitative estimate of drug-likeness (QED) is 0.0264. The van der Waals surface area contributed by atoms with Gasteiger partial charge in [0.15, 0.2) is 6.10 Å². The second-order valence-electron chi connectivity index (χ2n) is 18.0. The average Bonchev–Trinajstić information content (AvgIpc) is 3.38. The van der Waals surface area contributed by atoms with Gasteiger partial charge in [0, 0.05) is 19.4 Å². The molecule has 0 aliphatic carbocycles. The summed E-state index contributed by atoms with van der Waals surface area (Å²) in [6.45, 7) is 3.41. The Kier molecular flexibility index (Phi) is 54.0. The number of unbranched alkanes of at least 4 members (excludes halogenated alkanes) is 14. The number of phosphoric ester groups is 1. The molecule has 0 aromatic carbocycles. The van der Waals surface area contributed by atoms with Gasteiger partial charge in [0.05, 0.1) is 13.2 Å². The molecule has 0 saturated carbocycles. The van der Waals surface area contributed by atoms with Gasteiger partial charge in [0.1, 0.15) is 6.61 Å². The van der Waals surface area contributed by atoms with Crippen LogP contribution in [0.2, 0.25) is 0 Å². The fourth-order valence-corrected chi connectivity index (χ4v) is 7.90. The molecule has 0 aliphatic heterocycles. The SMILES string of the molecule is CC/C=C\C/C=C\C/C=C\C/C=C\C/C=C\C/C=C\CCCCCCCCCCCCCCCCC(=O)OC(COC(=O)CC/C=C\C/C=C\C/C=C\C/C=C\C/C=C\C/C=C\CC)COP(=O)(O)OCCN. The van der Waals surface area contributed by atoms with Gasteiger partial charge in [-0.2, -0.15) is 0 Å². The van der Waals surface area contributed by atoms with Crippen LogP contribution in [0.3, 0.4) is 0 Å². The minimum absolute atomic E-state index is 0.0365. The van der Waals surface area contributed by atoms with Crippen molar-refractivity contribution >= 4 is 19.8 Å². The van der Waals surface area contributed by atoms with Gasteiger partial charge < -0.3 is 20.1 Å². The first-order valence-electron chi connectivity index (χ1n) is 28.3. The Morgan fingerprint density at radius 3 is 1.11 bits per heavy atom. The van der Waals surface area contributed by atoms with Gasteiger partial charge in [-0.1, -0.05) is 237 Å². The van der Waals surface area contributed by atoms with Gasteiger partial charge in [0.2, 0.25) is 0 Å². The molecule has 0 fully saturated rings. The van der Waals surface area contributed by atoms with Crippen molar-refractivity contribution in [3.05, 3.63) is 146 Å². The zero-order valence-electron chi connectivity index (χ0n) is 45.8. The Morgan fingerprint density at radius 2 is 0.740 bits per heavy atom. The second kappa shape index (κ2) is 57.2. The first-order valence-corrected chi connectivity index (χ1v) is 29.8. The van der Waals surface area contributed by atoms with Crippen LogP contribution in [0.5, 0.6) is 0 Å². The first kappa shape index (κ1) is 68.9. The Hall–Kier alpha value is -4.11. The summed E-state index contributed by atoms with van der Waals surface area (Å²) in [6.07, 6.45) is 82.0. The average molecular weight is 1030 g/mol. The van der Waals surface area contributed by atoms with E-state index in [4.69, 9.17) is 24.3 Å². The van der Waals surface area contributed by atoms with Crippen LogP contribution < -0.4 is 5.73 Å². The van der Waals surface area contributed by atoms with Crippen molar-refractivity contribution in [1.29, 1.82) is 0 Å². The summed E-state index contributed by atoms with van der Waals surface area (Å²) in [6, 6.07) is 0. The van der Waals surface area contributed by atoms with Crippen LogP contribution in [0.25, 0.3) is 0 Å². The lowest BCUT2D eigenvalue weighted by Crippen LogP contribution is -2.29. The van der Waals surface area contributed by atoms with Gasteiger partial charge in [-0.15, -0.1) is 0 Å². The van der Waals surface area contributed by atoms with Crippen molar-refractivity contribution in [1.82, 2.24) is 0 Å². The summed E-state index contributed by atoms with van der Waals surface area (Å²) in [5.74, 6) is -0.936. The molecule has 0 radical (unpaired) electrons. The van der Waals surface area contributed by atoms with Crippen molar-refractivity contribution < 1.29 is 37.6 Å². The molecule has 0 spiro atoms. The molecule has 9 nitrogen and oxygen atoms in total. The largest absolute Gasteiger partial charge is 0.472 e. The molecule has 2 unspecified atom stereocenters. The Balaban J connectivity index is 4.05. The van der Waals surface area contributed by atoms with E-state index in [0.29, 0.717) is 12.8 Å². The lowest BCUT2D eigenvalue weighted by Gasteiger charge is -2.19. The maximum Gasteiger partial charge on any atom is 0.472 e. The minimum Gasteiger partial charge on any atom is -0.462 e. The van der Waals surface area contributed by atoms with Gasteiger partial charge in [-0.25, -0.2) is 4.57 Å². The van der Waals surface area contributed by atoms with Gasteiger partial charge in [-0.05, 0) is 103 Å². The van der Waals surface area contributed by atoms with Crippen LogP contribution >= 0.6 is 7.82 Å². The molecule has 0 heterocycles. The highest BCUT2D eigenvalue weighted by atomic mass is 31.2. The van der Waals surface area contributed by atoms with Crippen molar-refractivity contribution in [2.75, 3.05) is 26.4 Å². The van der Waals surface area contributed by atoms with E-state index >= 15 is 0 Å². The van der Waals surface area contributed by atoms with E-state index in [1.165, 1.54) is 70.6 Å². The normalized spacial score (nSPS) is 14.2. The van der Waals surface area contributed by atoms with Crippen LogP contribution in [-0.2, 0) is 32.7 Å². The molecule has 0 bridgehead atoms. The monoisotopic (exact) mass is 1030 g/mol. The number of carbonyl (C=O) groups excluding carboxylic acids is 2. The Bertz CT molecular complexity index is 1700. The number of allylic oxidation sites excluding steroid dienone is 24. The lowest BCUT2D eigenvalue weighted by molar-refractivity contribution is -0.161. The number of hydrogen-bond acceptors (Lipinski definition) is 8. The Labute approximate surface area is 446 Å². The van der Waals surface area contributed by atoms with Crippen LogP contribution in [0.1, 0.15) is 206 Å². The molecule has 0 aromatic heterocycles. The van der Waals surface area contributed by atoms with Gasteiger partial charge in [0.25, 0.3) is 0 Å². The van der Waals surface area contributed by atoms with E-state index in [-0.39, 0.29) is 32.6 Å².